The Kier molecular flexibility index (Phi) is 14.9. The lowest BCUT2D eigenvalue weighted by molar-refractivity contribution is -0.141. The third kappa shape index (κ3) is 11.4. The third-order valence-corrected chi connectivity index (χ3v) is 8.03. The number of benzene rings is 2. The van der Waals surface area contributed by atoms with E-state index in [1.807, 2.05) is 12.1 Å². The summed E-state index contributed by atoms with van der Waals surface area (Å²) in [6.45, 7) is 8.02. The molecule has 1 fully saturated rings. The van der Waals surface area contributed by atoms with E-state index >= 15 is 0 Å². The first-order chi connectivity index (χ1) is 22.1. The molecule has 10 heteroatoms. The topological polar surface area (TPSA) is 112 Å². The van der Waals surface area contributed by atoms with Crippen LogP contribution in [0.15, 0.2) is 72.9 Å². The number of hydrogen-bond donors (Lipinski definition) is 2. The standard InChI is InChI=1S/C36H44F2O8/c1-4-27-18-29(12-13-33(27)28-10-8-26(9-11-28)6-5-7-34(37)38)30-19-31(43-14-16-45-35(41)24(2)22-39)21-32(20-30)44-15-17-46-36(42)25(3)23-40/h7,12-13,18-21,26,28,39-40H,2-6,8-11,14-17,22-23H2,1H3. The maximum absolute atomic E-state index is 12.4. The van der Waals surface area contributed by atoms with E-state index in [-0.39, 0.29) is 37.6 Å². The third-order valence-electron chi connectivity index (χ3n) is 8.03. The Bertz CT molecular complexity index is 1320. The molecule has 46 heavy (non-hydrogen) atoms. The van der Waals surface area contributed by atoms with Crippen LogP contribution in [0.1, 0.15) is 62.5 Å². The molecule has 250 valence electrons. The zero-order valence-corrected chi connectivity index (χ0v) is 26.4. The lowest BCUT2D eigenvalue weighted by Crippen LogP contribution is -2.15. The monoisotopic (exact) mass is 642 g/mol. The first-order valence-electron chi connectivity index (χ1n) is 15.6. The summed E-state index contributed by atoms with van der Waals surface area (Å²) < 4.78 is 46.7. The van der Waals surface area contributed by atoms with Gasteiger partial charge in [0.05, 0.1) is 24.4 Å². The van der Waals surface area contributed by atoms with Crippen molar-refractivity contribution >= 4 is 11.9 Å². The predicted molar refractivity (Wildman–Crippen MR) is 171 cm³/mol. The van der Waals surface area contributed by atoms with E-state index in [1.165, 1.54) is 11.1 Å². The van der Waals surface area contributed by atoms with Gasteiger partial charge in [-0.1, -0.05) is 38.3 Å². The van der Waals surface area contributed by atoms with Crippen LogP contribution in [0, 0.1) is 5.92 Å². The number of rotatable bonds is 18. The molecule has 0 amide bonds. The highest BCUT2D eigenvalue weighted by Gasteiger charge is 2.24. The Morgan fingerprint density at radius 2 is 1.39 bits per heavy atom. The molecule has 2 aromatic rings. The van der Waals surface area contributed by atoms with Gasteiger partial charge in [-0.3, -0.25) is 0 Å². The Balaban J connectivity index is 1.74. The molecular formula is C36H44F2O8. The molecule has 0 aliphatic heterocycles. The number of aliphatic hydroxyl groups is 2. The fraction of sp³-hybridized carbons (Fsp3) is 0.444. The maximum Gasteiger partial charge on any atom is 0.335 e. The molecule has 0 radical (unpaired) electrons. The molecule has 2 N–H and O–H groups in total. The van der Waals surface area contributed by atoms with Crippen molar-refractivity contribution < 1.29 is 47.5 Å². The highest BCUT2D eigenvalue weighted by molar-refractivity contribution is 5.88. The van der Waals surface area contributed by atoms with Gasteiger partial charge in [0.15, 0.2) is 0 Å². The van der Waals surface area contributed by atoms with E-state index in [2.05, 4.69) is 38.3 Å². The molecule has 0 atom stereocenters. The van der Waals surface area contributed by atoms with Crippen molar-refractivity contribution in [3.63, 3.8) is 0 Å². The van der Waals surface area contributed by atoms with E-state index in [1.54, 1.807) is 6.07 Å². The Morgan fingerprint density at radius 1 is 0.826 bits per heavy atom. The first-order valence-corrected chi connectivity index (χ1v) is 15.6. The molecule has 0 spiro atoms. The van der Waals surface area contributed by atoms with E-state index in [4.69, 9.17) is 29.2 Å². The van der Waals surface area contributed by atoms with Crippen LogP contribution in [0.3, 0.4) is 0 Å². The van der Waals surface area contributed by atoms with Gasteiger partial charge in [-0.2, -0.15) is 8.78 Å². The highest BCUT2D eigenvalue weighted by atomic mass is 19.3. The molecule has 0 bridgehead atoms. The number of aliphatic hydroxyl groups excluding tert-OH is 2. The van der Waals surface area contributed by atoms with Gasteiger partial charge in [-0.25, -0.2) is 9.59 Å². The summed E-state index contributed by atoms with van der Waals surface area (Å²) in [4.78, 5) is 23.6. The molecule has 1 saturated carbocycles. The molecular weight excluding hydrogens is 598 g/mol. The number of esters is 2. The number of aryl methyl sites for hydroxylation is 1. The van der Waals surface area contributed by atoms with Crippen LogP contribution in [0.4, 0.5) is 8.78 Å². The molecule has 0 heterocycles. The maximum atomic E-state index is 12.4. The Labute approximate surface area is 269 Å². The van der Waals surface area contributed by atoms with Gasteiger partial charge < -0.3 is 29.2 Å². The lowest BCUT2D eigenvalue weighted by atomic mass is 9.75. The summed E-state index contributed by atoms with van der Waals surface area (Å²) in [6, 6.07) is 11.8. The summed E-state index contributed by atoms with van der Waals surface area (Å²) in [5, 5.41) is 18.1. The van der Waals surface area contributed by atoms with Gasteiger partial charge in [0.25, 0.3) is 6.08 Å². The molecule has 0 aromatic heterocycles. The SMILES string of the molecule is C=C(CO)C(=O)OCCOc1cc(OCCOC(=O)C(=C)CO)cc(-c2ccc(C3CCC(CCC=C(F)F)CC3)c(CC)c2)c1. The van der Waals surface area contributed by atoms with Crippen molar-refractivity contribution in [1.29, 1.82) is 0 Å². The zero-order chi connectivity index (χ0) is 33.5. The van der Waals surface area contributed by atoms with E-state index in [9.17, 15) is 18.4 Å². The average molecular weight is 643 g/mol. The van der Waals surface area contributed by atoms with Gasteiger partial charge in [0, 0.05) is 6.07 Å². The number of carbonyl (C=O) groups excluding carboxylic acids is 2. The second-order valence-electron chi connectivity index (χ2n) is 11.2. The second-order valence-corrected chi connectivity index (χ2v) is 11.2. The minimum absolute atomic E-state index is 0.0492. The zero-order valence-electron chi connectivity index (χ0n) is 26.4. The number of ether oxygens (including phenoxy) is 4. The second kappa shape index (κ2) is 18.8. The van der Waals surface area contributed by atoms with E-state index in [0.29, 0.717) is 29.8 Å². The molecule has 3 rings (SSSR count). The van der Waals surface area contributed by atoms with Crippen LogP contribution in [-0.2, 0) is 25.5 Å². The van der Waals surface area contributed by atoms with Gasteiger partial charge in [0.2, 0.25) is 0 Å². The van der Waals surface area contributed by atoms with Crippen LogP contribution in [0.2, 0.25) is 0 Å². The van der Waals surface area contributed by atoms with Crippen LogP contribution < -0.4 is 9.47 Å². The van der Waals surface area contributed by atoms with Gasteiger partial charge >= 0.3 is 11.9 Å². The minimum Gasteiger partial charge on any atom is -0.490 e. The summed E-state index contributed by atoms with van der Waals surface area (Å²) in [7, 11) is 0. The van der Waals surface area contributed by atoms with Crippen LogP contribution in [-0.4, -0.2) is 61.8 Å². The number of carbonyl (C=O) groups is 2. The van der Waals surface area contributed by atoms with Crippen molar-refractivity contribution in [3.05, 3.63) is 84.0 Å². The van der Waals surface area contributed by atoms with Crippen LogP contribution in [0.5, 0.6) is 11.5 Å². The minimum atomic E-state index is -1.60. The molecule has 2 aromatic carbocycles. The predicted octanol–water partition coefficient (Wildman–Crippen LogP) is 6.69. The largest absolute Gasteiger partial charge is 0.490 e. The smallest absolute Gasteiger partial charge is 0.335 e. The Hall–Kier alpha value is -4.02. The molecule has 0 unspecified atom stereocenters. The van der Waals surface area contributed by atoms with Crippen molar-refractivity contribution in [1.82, 2.24) is 0 Å². The Morgan fingerprint density at radius 3 is 1.89 bits per heavy atom. The van der Waals surface area contributed by atoms with Gasteiger partial charge in [-0.15, -0.1) is 0 Å². The van der Waals surface area contributed by atoms with Gasteiger partial charge in [-0.05, 0) is 97.2 Å². The summed E-state index contributed by atoms with van der Waals surface area (Å²) in [6.07, 6.45) is 5.62. The molecule has 8 nitrogen and oxygen atoms in total. The van der Waals surface area contributed by atoms with Crippen molar-refractivity contribution in [2.24, 2.45) is 5.92 Å². The number of allylic oxidation sites excluding steroid dienone is 1. The summed E-state index contributed by atoms with van der Waals surface area (Å²) in [5.74, 6) is 0.443. The fourth-order valence-corrected chi connectivity index (χ4v) is 5.51. The van der Waals surface area contributed by atoms with Crippen LogP contribution >= 0.6 is 0 Å². The number of hydrogen-bond acceptors (Lipinski definition) is 8. The molecule has 1 aliphatic carbocycles. The van der Waals surface area contributed by atoms with Crippen LogP contribution in [0.25, 0.3) is 11.1 Å². The highest BCUT2D eigenvalue weighted by Crippen LogP contribution is 2.40. The van der Waals surface area contributed by atoms with Crippen molar-refractivity contribution in [2.75, 3.05) is 39.6 Å². The summed E-state index contributed by atoms with van der Waals surface area (Å²) >= 11 is 0. The molecule has 1 aliphatic rings. The lowest BCUT2D eigenvalue weighted by Gasteiger charge is -2.30. The normalized spacial score (nSPS) is 15.8. The quantitative estimate of drug-likeness (QED) is 0.105. The van der Waals surface area contributed by atoms with E-state index < -0.39 is 31.2 Å². The summed E-state index contributed by atoms with van der Waals surface area (Å²) in [5.41, 5.74) is 4.26. The van der Waals surface area contributed by atoms with E-state index in [0.717, 1.165) is 55.7 Å². The average Bonchev–Trinajstić information content (AvgIpc) is 3.07. The number of halogens is 2. The van der Waals surface area contributed by atoms with Gasteiger partial charge in [0.1, 0.15) is 37.9 Å². The van der Waals surface area contributed by atoms with Crippen molar-refractivity contribution in [3.8, 4) is 22.6 Å². The molecule has 0 saturated heterocycles. The fourth-order valence-electron chi connectivity index (χ4n) is 5.51. The van der Waals surface area contributed by atoms with Crippen molar-refractivity contribution in [2.45, 2.75) is 57.8 Å². The first kappa shape index (κ1) is 36.4.